The molecule has 0 unspecified atom stereocenters. The quantitative estimate of drug-likeness (QED) is 0.188. The molecule has 6 aliphatic rings. The third kappa shape index (κ3) is 6.30. The maximum atomic E-state index is 14.3. The Morgan fingerprint density at radius 2 is 1.94 bits per heavy atom. The van der Waals surface area contributed by atoms with Crippen LogP contribution in [0.3, 0.4) is 0 Å². The zero-order chi connectivity index (χ0) is 33.9. The number of allylic oxidation sites excluding steroid dienone is 5. The number of aliphatic hydroxyl groups excluding tert-OH is 1. The summed E-state index contributed by atoms with van der Waals surface area (Å²) in [7, 11) is 1.55. The van der Waals surface area contributed by atoms with E-state index in [9.17, 15) is 15.0 Å². The van der Waals surface area contributed by atoms with Gasteiger partial charge in [-0.25, -0.2) is 0 Å². The van der Waals surface area contributed by atoms with Gasteiger partial charge in [0.2, 0.25) is 0 Å². The molecule has 260 valence electrons. The van der Waals surface area contributed by atoms with Crippen molar-refractivity contribution < 1.29 is 43.5 Å². The first-order valence-corrected chi connectivity index (χ1v) is 17.3. The van der Waals surface area contributed by atoms with Gasteiger partial charge in [0.25, 0.3) is 0 Å². The van der Waals surface area contributed by atoms with E-state index in [0.29, 0.717) is 30.8 Å². The lowest BCUT2D eigenvalue weighted by Crippen LogP contribution is -2.64. The van der Waals surface area contributed by atoms with Gasteiger partial charge in [-0.3, -0.25) is 4.79 Å². The van der Waals surface area contributed by atoms with Crippen molar-refractivity contribution in [2.24, 2.45) is 28.8 Å². The fraction of sp³-hybridized carbons (Fsp3) is 0.730. The molecule has 2 N–H and O–H groups in total. The highest BCUT2D eigenvalue weighted by molar-refractivity contribution is 5.88. The molecule has 2 bridgehead atoms. The lowest BCUT2D eigenvalue weighted by Gasteiger charge is -2.50. The molecule has 1 aliphatic carbocycles. The van der Waals surface area contributed by atoms with Gasteiger partial charge >= 0.3 is 5.97 Å². The topological polar surface area (TPSA) is 129 Å². The van der Waals surface area contributed by atoms with Gasteiger partial charge < -0.3 is 38.7 Å². The van der Waals surface area contributed by atoms with Crippen LogP contribution in [0.2, 0.25) is 0 Å². The monoisotopic (exact) mass is 655 g/mol. The molecule has 5 fully saturated rings. The third-order valence-electron chi connectivity index (χ3n) is 11.0. The molecule has 6 rings (SSSR count). The molecule has 0 aromatic heterocycles. The highest BCUT2D eigenvalue weighted by Crippen LogP contribution is 2.59. The summed E-state index contributed by atoms with van der Waals surface area (Å²) in [5.41, 5.74) is 0.894. The van der Waals surface area contributed by atoms with Crippen LogP contribution in [0.4, 0.5) is 0 Å². The van der Waals surface area contributed by atoms with Gasteiger partial charge in [-0.15, -0.1) is 0 Å². The van der Waals surface area contributed by atoms with Gasteiger partial charge in [-0.05, 0) is 56.6 Å². The first kappa shape index (κ1) is 34.5. The lowest BCUT2D eigenvalue weighted by molar-refractivity contribution is -0.313. The van der Waals surface area contributed by atoms with E-state index in [0.717, 1.165) is 17.7 Å². The molecular weight excluding hydrogens is 602 g/mol. The fourth-order valence-electron chi connectivity index (χ4n) is 8.67. The Balaban J connectivity index is 1.39. The van der Waals surface area contributed by atoms with Crippen LogP contribution in [0.5, 0.6) is 0 Å². The van der Waals surface area contributed by atoms with Crippen molar-refractivity contribution in [3.8, 4) is 0 Å². The fourth-order valence-corrected chi connectivity index (χ4v) is 8.67. The Morgan fingerprint density at radius 1 is 1.17 bits per heavy atom. The van der Waals surface area contributed by atoms with E-state index >= 15 is 0 Å². The maximum absolute atomic E-state index is 14.3. The second-order valence-electron chi connectivity index (χ2n) is 15.3. The highest BCUT2D eigenvalue weighted by Gasteiger charge is 2.78. The number of carbonyl (C=O) groups excluding carboxylic acids is 1. The number of epoxide rings is 1. The van der Waals surface area contributed by atoms with Crippen LogP contribution >= 0.6 is 0 Å². The summed E-state index contributed by atoms with van der Waals surface area (Å²) in [5.74, 6) is -2.24. The average Bonchev–Trinajstić information content (AvgIpc) is 3.56. The molecule has 10 nitrogen and oxygen atoms in total. The lowest BCUT2D eigenvalue weighted by atomic mass is 9.66. The Hall–Kier alpha value is -2.34. The molecule has 10 heteroatoms. The van der Waals surface area contributed by atoms with Crippen molar-refractivity contribution in [3.05, 3.63) is 47.1 Å². The van der Waals surface area contributed by atoms with E-state index in [1.54, 1.807) is 14.0 Å². The number of esters is 1. The van der Waals surface area contributed by atoms with Crippen LogP contribution in [0.15, 0.2) is 52.3 Å². The van der Waals surface area contributed by atoms with Crippen LogP contribution in [0.25, 0.3) is 0 Å². The Bertz CT molecular complexity index is 1380. The van der Waals surface area contributed by atoms with Crippen LogP contribution in [-0.2, 0) is 33.3 Å². The van der Waals surface area contributed by atoms with Crippen LogP contribution in [0.1, 0.15) is 80.6 Å². The SMILES string of the molecule is CO/N=C1\C[C@]2(C[C@@H]3C[C@@H](C/C=C(\C)C[C@@H](C)/C=C/C=C4\CO[C@@H]5[C@H](O)[C@]6(C)O[C@@H]6[C@@H](C(=O)O3)[C@]45O)O2)O[C@H](/C(C)=C/C(C)C)[C@H]1C. The standard InChI is InChI=1S/C37H53NO9/c1-20(2)14-23(5)30-24(6)28(38-42-8)18-36(46-30)17-27-16-26(45-36)13-12-22(4)15-21(3)10-9-11-25-19-43-33-31(39)35(7)32(47-35)29(34(40)44-27)37(25,33)41/h9-12,14,20-21,24,26-27,29-33,39,41H,13,15-19H2,1-8H3/b10-9+,22-12+,23-14+,25-11+,38-28+/t21-,24-,26+,27-,29-,30+,31-,32+,33+,35-,36-,37+/m0/s1. The zero-order valence-corrected chi connectivity index (χ0v) is 29.1. The number of carbonyl (C=O) groups is 1. The second-order valence-corrected chi connectivity index (χ2v) is 15.3. The van der Waals surface area contributed by atoms with E-state index in [1.807, 2.05) is 12.2 Å². The number of oxime groups is 1. The number of hydrogen-bond donors (Lipinski definition) is 2. The summed E-state index contributed by atoms with van der Waals surface area (Å²) in [6.07, 6.45) is 8.84. The molecular formula is C37H53NO9. The van der Waals surface area contributed by atoms with E-state index < -0.39 is 53.3 Å². The molecule has 4 saturated heterocycles. The number of aliphatic hydroxyl groups is 2. The predicted molar refractivity (Wildman–Crippen MR) is 175 cm³/mol. The molecule has 1 saturated carbocycles. The first-order valence-electron chi connectivity index (χ1n) is 17.3. The van der Waals surface area contributed by atoms with Gasteiger partial charge in [0.15, 0.2) is 5.79 Å². The van der Waals surface area contributed by atoms with Crippen molar-refractivity contribution in [2.45, 2.75) is 134 Å². The molecule has 0 radical (unpaired) electrons. The number of fused-ring (bicyclic) bond motifs is 4. The van der Waals surface area contributed by atoms with Crippen LogP contribution in [0, 0.1) is 23.7 Å². The smallest absolute Gasteiger partial charge is 0.315 e. The summed E-state index contributed by atoms with van der Waals surface area (Å²) in [6, 6.07) is 0. The largest absolute Gasteiger partial charge is 0.462 e. The first-order chi connectivity index (χ1) is 22.2. The van der Waals surface area contributed by atoms with Crippen molar-refractivity contribution in [2.75, 3.05) is 13.7 Å². The summed E-state index contributed by atoms with van der Waals surface area (Å²) >= 11 is 0. The molecule has 0 amide bonds. The van der Waals surface area contributed by atoms with Crippen molar-refractivity contribution in [3.63, 3.8) is 0 Å². The summed E-state index contributed by atoms with van der Waals surface area (Å²) in [4.78, 5) is 19.6. The molecule has 12 atom stereocenters. The number of hydrogen-bond acceptors (Lipinski definition) is 10. The predicted octanol–water partition coefficient (Wildman–Crippen LogP) is 4.94. The van der Waals surface area contributed by atoms with E-state index in [4.69, 9.17) is 28.5 Å². The van der Waals surface area contributed by atoms with Gasteiger partial charge in [0, 0.05) is 25.2 Å². The molecule has 5 aliphatic heterocycles. The molecule has 0 aromatic carbocycles. The minimum absolute atomic E-state index is 0.0418. The van der Waals surface area contributed by atoms with Crippen molar-refractivity contribution in [1.82, 2.24) is 0 Å². The maximum Gasteiger partial charge on any atom is 0.315 e. The van der Waals surface area contributed by atoms with E-state index in [-0.39, 0.29) is 37.1 Å². The number of ether oxygens (including phenoxy) is 5. The number of rotatable bonds is 3. The summed E-state index contributed by atoms with van der Waals surface area (Å²) in [6.45, 7) is 14.6. The minimum Gasteiger partial charge on any atom is -0.462 e. The molecule has 1 spiro atoms. The van der Waals surface area contributed by atoms with Crippen LogP contribution in [-0.4, -0.2) is 89.2 Å². The second kappa shape index (κ2) is 12.8. The van der Waals surface area contributed by atoms with Crippen molar-refractivity contribution in [1.29, 1.82) is 0 Å². The van der Waals surface area contributed by atoms with Crippen LogP contribution < -0.4 is 0 Å². The summed E-state index contributed by atoms with van der Waals surface area (Å²) < 4.78 is 32.2. The van der Waals surface area contributed by atoms with Gasteiger partial charge in [-0.1, -0.05) is 68.8 Å². The number of nitrogens with zero attached hydrogens (tertiary/aromatic N) is 1. The minimum atomic E-state index is -1.78. The molecule has 5 heterocycles. The Morgan fingerprint density at radius 3 is 2.66 bits per heavy atom. The van der Waals surface area contributed by atoms with Gasteiger partial charge in [0.05, 0.1) is 24.5 Å². The highest BCUT2D eigenvalue weighted by atomic mass is 16.7. The zero-order valence-electron chi connectivity index (χ0n) is 29.1. The van der Waals surface area contributed by atoms with E-state index in [1.165, 1.54) is 5.57 Å². The van der Waals surface area contributed by atoms with Crippen molar-refractivity contribution >= 4 is 11.7 Å². The average molecular weight is 656 g/mol. The molecule has 0 aromatic rings. The Labute approximate surface area is 278 Å². The van der Waals surface area contributed by atoms with Gasteiger partial charge in [0.1, 0.15) is 48.6 Å². The summed E-state index contributed by atoms with van der Waals surface area (Å²) in [5, 5.41) is 28.0. The van der Waals surface area contributed by atoms with Gasteiger partial charge in [-0.2, -0.15) is 0 Å². The normalized spacial score (nSPS) is 49.3. The Kier molecular flexibility index (Phi) is 9.43. The third-order valence-corrected chi connectivity index (χ3v) is 11.0. The molecule has 47 heavy (non-hydrogen) atoms. The van der Waals surface area contributed by atoms with E-state index in [2.05, 4.69) is 64.9 Å².